The number of nitrogens with one attached hydrogen (secondary N) is 1. The average molecular weight is 294 g/mol. The van der Waals surface area contributed by atoms with Gasteiger partial charge in [0.25, 0.3) is 5.91 Å². The number of benzene rings is 1. The van der Waals surface area contributed by atoms with Crippen LogP contribution in [0.5, 0.6) is 11.5 Å². The highest BCUT2D eigenvalue weighted by molar-refractivity contribution is 5.81. The van der Waals surface area contributed by atoms with Crippen molar-refractivity contribution in [2.45, 2.75) is 52.3 Å². The van der Waals surface area contributed by atoms with Crippen molar-refractivity contribution >= 4 is 5.91 Å². The van der Waals surface area contributed by atoms with E-state index in [1.54, 1.807) is 20.1 Å². The minimum atomic E-state index is -0.581. The molecule has 0 spiro atoms. The zero-order valence-electron chi connectivity index (χ0n) is 13.3. The van der Waals surface area contributed by atoms with Gasteiger partial charge in [-0.1, -0.05) is 19.9 Å². The Morgan fingerprint density at radius 1 is 1.33 bits per heavy atom. The van der Waals surface area contributed by atoms with E-state index in [0.29, 0.717) is 18.0 Å². The second kappa shape index (κ2) is 8.52. The molecule has 118 valence electrons. The van der Waals surface area contributed by atoms with Crippen LogP contribution in [0.15, 0.2) is 18.2 Å². The van der Waals surface area contributed by atoms with Crippen LogP contribution in [0.1, 0.15) is 39.2 Å². The van der Waals surface area contributed by atoms with E-state index in [0.717, 1.165) is 18.4 Å². The van der Waals surface area contributed by atoms with Crippen molar-refractivity contribution in [1.29, 1.82) is 0 Å². The van der Waals surface area contributed by atoms with Gasteiger partial charge in [0, 0.05) is 24.2 Å². The van der Waals surface area contributed by atoms with Crippen molar-refractivity contribution in [2.75, 3.05) is 7.11 Å². The largest absolute Gasteiger partial charge is 0.497 e. The first kappa shape index (κ1) is 17.3. The van der Waals surface area contributed by atoms with Gasteiger partial charge in [0.1, 0.15) is 11.5 Å². The van der Waals surface area contributed by atoms with Gasteiger partial charge in [-0.2, -0.15) is 0 Å². The molecule has 0 saturated heterocycles. The molecular weight excluding hydrogens is 268 g/mol. The van der Waals surface area contributed by atoms with Crippen LogP contribution in [0.25, 0.3) is 0 Å². The predicted octanol–water partition coefficient (Wildman–Crippen LogP) is 2.23. The Balaban J connectivity index is 2.77. The molecule has 1 atom stereocenters. The lowest BCUT2D eigenvalue weighted by atomic mass is 10.1. The molecule has 1 unspecified atom stereocenters. The van der Waals surface area contributed by atoms with Crippen LogP contribution >= 0.6 is 0 Å². The molecule has 21 heavy (non-hydrogen) atoms. The van der Waals surface area contributed by atoms with Crippen molar-refractivity contribution in [2.24, 2.45) is 5.73 Å². The number of hydrogen-bond acceptors (Lipinski definition) is 4. The Morgan fingerprint density at radius 3 is 2.52 bits per heavy atom. The summed E-state index contributed by atoms with van der Waals surface area (Å²) >= 11 is 0. The van der Waals surface area contributed by atoms with Crippen LogP contribution in [0.3, 0.4) is 0 Å². The van der Waals surface area contributed by atoms with Gasteiger partial charge in [0.2, 0.25) is 0 Å². The van der Waals surface area contributed by atoms with Crippen molar-refractivity contribution < 1.29 is 14.3 Å². The van der Waals surface area contributed by atoms with E-state index in [4.69, 9.17) is 15.2 Å². The van der Waals surface area contributed by atoms with Crippen molar-refractivity contribution in [3.8, 4) is 11.5 Å². The Kier molecular flexibility index (Phi) is 7.02. The minimum Gasteiger partial charge on any atom is -0.497 e. The number of methoxy groups -OCH3 is 1. The first-order valence-corrected chi connectivity index (χ1v) is 7.39. The second-order valence-corrected chi connectivity index (χ2v) is 4.96. The molecular formula is C16H26N2O3. The third kappa shape index (κ3) is 4.93. The maximum absolute atomic E-state index is 12.1. The summed E-state index contributed by atoms with van der Waals surface area (Å²) in [5.74, 6) is 1.15. The normalized spacial score (nSPS) is 12.1. The van der Waals surface area contributed by atoms with Gasteiger partial charge in [-0.05, 0) is 25.8 Å². The molecule has 3 N–H and O–H groups in total. The minimum absolute atomic E-state index is 0.116. The fourth-order valence-corrected chi connectivity index (χ4v) is 2.00. The van der Waals surface area contributed by atoms with E-state index in [9.17, 15) is 4.79 Å². The molecule has 1 aromatic rings. The topological polar surface area (TPSA) is 73.6 Å². The zero-order valence-corrected chi connectivity index (χ0v) is 13.3. The number of carbonyl (C=O) groups is 1. The van der Waals surface area contributed by atoms with E-state index in [-0.39, 0.29) is 11.9 Å². The molecule has 0 aliphatic carbocycles. The van der Waals surface area contributed by atoms with Crippen molar-refractivity contribution in [1.82, 2.24) is 5.32 Å². The first-order valence-electron chi connectivity index (χ1n) is 7.39. The highest BCUT2D eigenvalue weighted by Crippen LogP contribution is 2.25. The molecule has 5 heteroatoms. The van der Waals surface area contributed by atoms with Gasteiger partial charge < -0.3 is 20.5 Å². The number of nitrogens with two attached hydrogens (primary N) is 1. The summed E-state index contributed by atoms with van der Waals surface area (Å²) in [6.45, 7) is 6.18. The summed E-state index contributed by atoms with van der Waals surface area (Å²) in [7, 11) is 1.59. The molecule has 1 aromatic carbocycles. The van der Waals surface area contributed by atoms with Gasteiger partial charge >= 0.3 is 0 Å². The van der Waals surface area contributed by atoms with Gasteiger partial charge in [-0.3, -0.25) is 4.79 Å². The van der Waals surface area contributed by atoms with Crippen LogP contribution < -0.4 is 20.5 Å². The zero-order chi connectivity index (χ0) is 15.8. The summed E-state index contributed by atoms with van der Waals surface area (Å²) in [6, 6.07) is 5.61. The van der Waals surface area contributed by atoms with E-state index in [1.165, 1.54) is 0 Å². The third-order valence-corrected chi connectivity index (χ3v) is 3.50. The molecule has 0 aliphatic rings. The summed E-state index contributed by atoms with van der Waals surface area (Å²) < 4.78 is 10.9. The average Bonchev–Trinajstić information content (AvgIpc) is 2.51. The summed E-state index contributed by atoms with van der Waals surface area (Å²) in [5.41, 5.74) is 6.54. The second-order valence-electron chi connectivity index (χ2n) is 4.96. The van der Waals surface area contributed by atoms with Crippen LogP contribution in [-0.4, -0.2) is 25.2 Å². The fourth-order valence-electron chi connectivity index (χ4n) is 2.00. The molecule has 1 amide bonds. The Bertz CT molecular complexity index is 459. The molecule has 0 saturated carbocycles. The van der Waals surface area contributed by atoms with E-state index >= 15 is 0 Å². The Labute approximate surface area is 126 Å². The van der Waals surface area contributed by atoms with E-state index < -0.39 is 6.10 Å². The highest BCUT2D eigenvalue weighted by atomic mass is 16.5. The molecule has 0 aliphatic heterocycles. The van der Waals surface area contributed by atoms with Crippen molar-refractivity contribution in [3.05, 3.63) is 23.8 Å². The Morgan fingerprint density at radius 2 is 2.00 bits per heavy atom. The molecule has 0 fully saturated rings. The number of rotatable bonds is 8. The molecule has 0 radical (unpaired) electrons. The van der Waals surface area contributed by atoms with E-state index in [1.807, 2.05) is 12.1 Å². The number of carbonyl (C=O) groups excluding carboxylic acids is 1. The fraction of sp³-hybridized carbons (Fsp3) is 0.562. The smallest absolute Gasteiger partial charge is 0.260 e. The van der Waals surface area contributed by atoms with Gasteiger partial charge in [-0.15, -0.1) is 0 Å². The van der Waals surface area contributed by atoms with Crippen LogP contribution in [-0.2, 0) is 11.3 Å². The Hall–Kier alpha value is -1.75. The molecule has 0 bridgehead atoms. The molecule has 5 nitrogen and oxygen atoms in total. The maximum atomic E-state index is 12.1. The predicted molar refractivity (Wildman–Crippen MR) is 83.5 cm³/mol. The molecule has 1 rings (SSSR count). The third-order valence-electron chi connectivity index (χ3n) is 3.50. The van der Waals surface area contributed by atoms with Crippen LogP contribution in [0, 0.1) is 0 Å². The monoisotopic (exact) mass is 294 g/mol. The highest BCUT2D eigenvalue weighted by Gasteiger charge is 2.18. The standard InChI is InChI=1S/C16H26N2O3/c1-5-13(6-2)18-16(19)11(3)21-15-9-14(20-4)8-7-12(15)10-17/h7-9,11,13H,5-6,10,17H2,1-4H3,(H,18,19). The maximum Gasteiger partial charge on any atom is 0.260 e. The molecule has 0 heterocycles. The van der Waals surface area contributed by atoms with Crippen LogP contribution in [0.4, 0.5) is 0 Å². The number of ether oxygens (including phenoxy) is 2. The summed E-state index contributed by atoms with van der Waals surface area (Å²) in [6.07, 6.45) is 1.23. The molecule has 0 aromatic heterocycles. The number of hydrogen-bond donors (Lipinski definition) is 2. The van der Waals surface area contributed by atoms with Gasteiger partial charge in [-0.25, -0.2) is 0 Å². The van der Waals surface area contributed by atoms with Crippen molar-refractivity contribution in [3.63, 3.8) is 0 Å². The lowest BCUT2D eigenvalue weighted by molar-refractivity contribution is -0.128. The first-order chi connectivity index (χ1) is 10.0. The number of amides is 1. The summed E-state index contributed by atoms with van der Waals surface area (Å²) in [5, 5.41) is 2.98. The quantitative estimate of drug-likeness (QED) is 0.771. The van der Waals surface area contributed by atoms with Gasteiger partial charge in [0.05, 0.1) is 7.11 Å². The van der Waals surface area contributed by atoms with Crippen LogP contribution in [0.2, 0.25) is 0 Å². The van der Waals surface area contributed by atoms with E-state index in [2.05, 4.69) is 19.2 Å². The van der Waals surface area contributed by atoms with Gasteiger partial charge in [0.15, 0.2) is 6.10 Å². The summed E-state index contributed by atoms with van der Waals surface area (Å²) in [4.78, 5) is 12.1. The lowest BCUT2D eigenvalue weighted by Crippen LogP contribution is -2.42. The SMILES string of the molecule is CCC(CC)NC(=O)C(C)Oc1cc(OC)ccc1CN. The lowest BCUT2D eigenvalue weighted by Gasteiger charge is -2.20.